The van der Waals surface area contributed by atoms with Crippen LogP contribution < -0.4 is 0 Å². The number of nitriles is 1. The monoisotopic (exact) mass is 286 g/mol. The minimum Gasteiger partial charge on any atom is -0.244 e. The van der Waals surface area contributed by atoms with Crippen molar-refractivity contribution in [3.8, 4) is 6.07 Å². The van der Waals surface area contributed by atoms with Crippen LogP contribution in [0.2, 0.25) is 0 Å². The van der Waals surface area contributed by atoms with Gasteiger partial charge < -0.3 is 0 Å². The van der Waals surface area contributed by atoms with Gasteiger partial charge in [-0.2, -0.15) is 5.26 Å². The van der Waals surface area contributed by atoms with Gasteiger partial charge in [0.2, 0.25) is 0 Å². The minimum absolute atomic E-state index is 0.429. The Bertz CT molecular complexity index is 585. The van der Waals surface area contributed by atoms with Crippen LogP contribution in [0.3, 0.4) is 0 Å². The molecule has 1 aromatic carbocycles. The van der Waals surface area contributed by atoms with Crippen LogP contribution >= 0.6 is 15.9 Å². The van der Waals surface area contributed by atoms with Crippen molar-refractivity contribution >= 4 is 15.9 Å². The number of halogens is 1. The molecule has 0 saturated heterocycles. The molecule has 0 atom stereocenters. The molecule has 3 heteroatoms. The zero-order valence-electron chi connectivity index (χ0n) is 9.44. The van der Waals surface area contributed by atoms with Crippen LogP contribution in [0.15, 0.2) is 41.0 Å². The fourth-order valence-corrected chi connectivity index (χ4v) is 2.17. The predicted molar refractivity (Wildman–Crippen MR) is 70.6 cm³/mol. The van der Waals surface area contributed by atoms with Crippen molar-refractivity contribution in [2.24, 2.45) is 0 Å². The molecule has 0 N–H and O–H groups in total. The molecule has 0 spiro atoms. The van der Waals surface area contributed by atoms with E-state index in [1.54, 1.807) is 6.20 Å². The standard InChI is InChI=1S/C14H11BrN2/c1-10-4-2-3-5-12(10)6-11-7-13(15)14(8-16)17-9-11/h2-5,7,9H,6H2,1H3. The SMILES string of the molecule is Cc1ccccc1Cc1cnc(C#N)c(Br)c1. The van der Waals surface area contributed by atoms with Gasteiger partial charge in [0, 0.05) is 6.20 Å². The first-order valence-electron chi connectivity index (χ1n) is 5.29. The Morgan fingerprint density at radius 1 is 1.35 bits per heavy atom. The third kappa shape index (κ3) is 2.72. The van der Waals surface area contributed by atoms with Gasteiger partial charge in [-0.3, -0.25) is 0 Å². The molecule has 2 aromatic rings. The molecule has 84 valence electrons. The zero-order valence-corrected chi connectivity index (χ0v) is 11.0. The van der Waals surface area contributed by atoms with E-state index >= 15 is 0 Å². The Labute approximate surface area is 109 Å². The molecule has 0 amide bonds. The van der Waals surface area contributed by atoms with Crippen LogP contribution in [0.4, 0.5) is 0 Å². The van der Waals surface area contributed by atoms with Gasteiger partial charge in [0.1, 0.15) is 6.07 Å². The van der Waals surface area contributed by atoms with E-state index in [0.29, 0.717) is 5.69 Å². The number of hydrogen-bond acceptors (Lipinski definition) is 2. The number of benzene rings is 1. The van der Waals surface area contributed by atoms with E-state index in [4.69, 9.17) is 5.26 Å². The van der Waals surface area contributed by atoms with Crippen molar-refractivity contribution in [2.75, 3.05) is 0 Å². The van der Waals surface area contributed by atoms with Crippen LogP contribution in [0, 0.1) is 18.3 Å². The van der Waals surface area contributed by atoms with Crippen molar-refractivity contribution in [2.45, 2.75) is 13.3 Å². The highest BCUT2D eigenvalue weighted by atomic mass is 79.9. The van der Waals surface area contributed by atoms with Gasteiger partial charge in [0.15, 0.2) is 5.69 Å². The first-order chi connectivity index (χ1) is 8.20. The highest BCUT2D eigenvalue weighted by molar-refractivity contribution is 9.10. The summed E-state index contributed by atoms with van der Waals surface area (Å²) in [6.45, 7) is 2.10. The van der Waals surface area contributed by atoms with Gasteiger partial charge in [-0.05, 0) is 52.0 Å². The maximum absolute atomic E-state index is 8.80. The van der Waals surface area contributed by atoms with Crippen LogP contribution in [0.25, 0.3) is 0 Å². The molecule has 0 radical (unpaired) electrons. The lowest BCUT2D eigenvalue weighted by atomic mass is 10.0. The topological polar surface area (TPSA) is 36.7 Å². The number of aryl methyl sites for hydroxylation is 1. The summed E-state index contributed by atoms with van der Waals surface area (Å²) in [5.41, 5.74) is 4.09. The molecule has 17 heavy (non-hydrogen) atoms. The average Bonchev–Trinajstić information content (AvgIpc) is 2.32. The summed E-state index contributed by atoms with van der Waals surface area (Å²) in [7, 11) is 0. The number of aromatic nitrogens is 1. The van der Waals surface area contributed by atoms with E-state index in [1.165, 1.54) is 11.1 Å². The first kappa shape index (κ1) is 11.8. The Kier molecular flexibility index (Phi) is 3.55. The van der Waals surface area contributed by atoms with E-state index in [1.807, 2.05) is 24.3 Å². The molecule has 0 saturated carbocycles. The lowest BCUT2D eigenvalue weighted by molar-refractivity contribution is 1.10. The normalized spacial score (nSPS) is 9.94. The van der Waals surface area contributed by atoms with Crippen molar-refractivity contribution in [3.05, 3.63) is 63.4 Å². The second-order valence-corrected chi connectivity index (χ2v) is 4.74. The van der Waals surface area contributed by atoms with Gasteiger partial charge in [0.05, 0.1) is 4.47 Å². The highest BCUT2D eigenvalue weighted by Crippen LogP contribution is 2.18. The van der Waals surface area contributed by atoms with Gasteiger partial charge in [-0.1, -0.05) is 24.3 Å². The van der Waals surface area contributed by atoms with E-state index < -0.39 is 0 Å². The quantitative estimate of drug-likeness (QED) is 0.846. The molecule has 0 aliphatic carbocycles. The predicted octanol–water partition coefficient (Wildman–Crippen LogP) is 3.62. The zero-order chi connectivity index (χ0) is 12.3. The Morgan fingerprint density at radius 2 is 2.12 bits per heavy atom. The molecule has 0 unspecified atom stereocenters. The minimum atomic E-state index is 0.429. The lowest BCUT2D eigenvalue weighted by Gasteiger charge is -2.06. The molecule has 0 bridgehead atoms. The largest absolute Gasteiger partial charge is 0.244 e. The Balaban J connectivity index is 2.29. The molecule has 1 aromatic heterocycles. The molecular weight excluding hydrogens is 276 g/mol. The van der Waals surface area contributed by atoms with Gasteiger partial charge in [-0.25, -0.2) is 4.98 Å². The molecule has 0 aliphatic heterocycles. The fraction of sp³-hybridized carbons (Fsp3) is 0.143. The summed E-state index contributed by atoms with van der Waals surface area (Å²) in [5.74, 6) is 0. The second kappa shape index (κ2) is 5.11. The second-order valence-electron chi connectivity index (χ2n) is 3.89. The molecule has 0 fully saturated rings. The van der Waals surface area contributed by atoms with Gasteiger partial charge in [0.25, 0.3) is 0 Å². The van der Waals surface area contributed by atoms with Gasteiger partial charge >= 0.3 is 0 Å². The number of nitrogens with zero attached hydrogens (tertiary/aromatic N) is 2. The van der Waals surface area contributed by atoms with E-state index in [2.05, 4.69) is 40.0 Å². The van der Waals surface area contributed by atoms with E-state index in [-0.39, 0.29) is 0 Å². The summed E-state index contributed by atoms with van der Waals surface area (Å²) in [5, 5.41) is 8.80. The van der Waals surface area contributed by atoms with Crippen LogP contribution in [-0.4, -0.2) is 4.98 Å². The van der Waals surface area contributed by atoms with E-state index in [9.17, 15) is 0 Å². The van der Waals surface area contributed by atoms with Crippen LogP contribution in [0.5, 0.6) is 0 Å². The van der Waals surface area contributed by atoms with Crippen molar-refractivity contribution < 1.29 is 0 Å². The Hall–Kier alpha value is -1.66. The fourth-order valence-electron chi connectivity index (χ4n) is 1.68. The van der Waals surface area contributed by atoms with Crippen molar-refractivity contribution in [1.29, 1.82) is 5.26 Å². The summed E-state index contributed by atoms with van der Waals surface area (Å²) in [4.78, 5) is 4.11. The summed E-state index contributed by atoms with van der Waals surface area (Å²) >= 11 is 3.35. The number of hydrogen-bond donors (Lipinski definition) is 0. The van der Waals surface area contributed by atoms with Crippen LogP contribution in [-0.2, 0) is 6.42 Å². The molecule has 2 rings (SSSR count). The number of pyridine rings is 1. The average molecular weight is 287 g/mol. The summed E-state index contributed by atoms with van der Waals surface area (Å²) in [6, 6.07) is 12.3. The third-order valence-electron chi connectivity index (χ3n) is 2.66. The molecule has 2 nitrogen and oxygen atoms in total. The number of rotatable bonds is 2. The van der Waals surface area contributed by atoms with Gasteiger partial charge in [-0.15, -0.1) is 0 Å². The van der Waals surface area contributed by atoms with Crippen molar-refractivity contribution in [1.82, 2.24) is 4.98 Å². The lowest BCUT2D eigenvalue weighted by Crippen LogP contribution is -1.94. The van der Waals surface area contributed by atoms with Crippen LogP contribution in [0.1, 0.15) is 22.4 Å². The third-order valence-corrected chi connectivity index (χ3v) is 3.26. The molecule has 0 aliphatic rings. The van der Waals surface area contributed by atoms with Crippen molar-refractivity contribution in [3.63, 3.8) is 0 Å². The molecule has 1 heterocycles. The maximum atomic E-state index is 8.80. The summed E-state index contributed by atoms with van der Waals surface area (Å²) in [6.07, 6.45) is 2.60. The van der Waals surface area contributed by atoms with E-state index in [0.717, 1.165) is 16.5 Å². The summed E-state index contributed by atoms with van der Waals surface area (Å²) < 4.78 is 0.756. The Morgan fingerprint density at radius 3 is 2.76 bits per heavy atom. The maximum Gasteiger partial charge on any atom is 0.154 e. The highest BCUT2D eigenvalue weighted by Gasteiger charge is 2.04. The molecular formula is C14H11BrN2. The first-order valence-corrected chi connectivity index (χ1v) is 6.09. The smallest absolute Gasteiger partial charge is 0.154 e.